The molecule has 2 N–H and O–H groups in total. The molecule has 0 saturated carbocycles. The first kappa shape index (κ1) is 15.2. The zero-order valence-corrected chi connectivity index (χ0v) is 13.1. The number of aliphatic carboxylic acids is 1. The van der Waals surface area contributed by atoms with Gasteiger partial charge in [0.1, 0.15) is 11.4 Å². The number of carboxylic acids is 1. The van der Waals surface area contributed by atoms with Crippen molar-refractivity contribution in [3.8, 4) is 0 Å². The lowest BCUT2D eigenvalue weighted by Gasteiger charge is -2.40. The maximum Gasteiger partial charge on any atom is 0.312 e. The number of allylic oxidation sites excluding steroid dienone is 1. The second kappa shape index (κ2) is 4.38. The summed E-state index contributed by atoms with van der Waals surface area (Å²) >= 11 is 0. The molecule has 4 nitrogen and oxygen atoms in total. The summed E-state index contributed by atoms with van der Waals surface area (Å²) in [5.41, 5.74) is -1.68. The first-order valence-electron chi connectivity index (χ1n) is 6.27. The van der Waals surface area contributed by atoms with Crippen molar-refractivity contribution in [1.29, 1.82) is 0 Å². The van der Waals surface area contributed by atoms with Gasteiger partial charge in [0.15, 0.2) is 0 Å². The molecule has 1 aliphatic carbocycles. The fourth-order valence-electron chi connectivity index (χ4n) is 2.20. The topological polar surface area (TPSA) is 66.8 Å². The van der Waals surface area contributed by atoms with Crippen LogP contribution in [-0.2, 0) is 9.22 Å². The Labute approximate surface area is 110 Å². The zero-order chi connectivity index (χ0) is 14.4. The molecule has 18 heavy (non-hydrogen) atoms. The van der Waals surface area contributed by atoms with Crippen LogP contribution in [0.5, 0.6) is 0 Å². The second-order valence-corrected chi connectivity index (χ2v) is 11.0. The van der Waals surface area contributed by atoms with Crippen molar-refractivity contribution in [2.24, 2.45) is 5.41 Å². The third-order valence-electron chi connectivity index (χ3n) is 3.60. The Balaban J connectivity index is 3.21. The third kappa shape index (κ3) is 2.47. The lowest BCUT2D eigenvalue weighted by molar-refractivity contribution is -0.162. The Kier molecular flexibility index (Phi) is 3.71. The molecular weight excluding hydrogens is 248 g/mol. The van der Waals surface area contributed by atoms with Crippen LogP contribution in [0.4, 0.5) is 0 Å². The van der Waals surface area contributed by atoms with Crippen LogP contribution in [0.1, 0.15) is 33.6 Å². The average Bonchev–Trinajstić information content (AvgIpc) is 2.45. The van der Waals surface area contributed by atoms with Gasteiger partial charge in [0, 0.05) is 0 Å². The van der Waals surface area contributed by atoms with Gasteiger partial charge >= 0.3 is 5.97 Å². The van der Waals surface area contributed by atoms with Crippen molar-refractivity contribution in [3.63, 3.8) is 0 Å². The lowest BCUT2D eigenvalue weighted by atomic mass is 9.73. The van der Waals surface area contributed by atoms with Crippen molar-refractivity contribution in [2.45, 2.75) is 58.9 Å². The van der Waals surface area contributed by atoms with E-state index in [0.717, 1.165) is 5.57 Å². The predicted octanol–water partition coefficient (Wildman–Crippen LogP) is 2.75. The highest BCUT2D eigenvalue weighted by molar-refractivity contribution is 6.70. The van der Waals surface area contributed by atoms with Crippen molar-refractivity contribution in [3.05, 3.63) is 11.3 Å². The molecule has 0 aromatic carbocycles. The Morgan fingerprint density at radius 2 is 1.89 bits per heavy atom. The Hall–Kier alpha value is -0.813. The predicted molar refractivity (Wildman–Crippen MR) is 72.7 cm³/mol. The van der Waals surface area contributed by atoms with E-state index < -0.39 is 25.3 Å². The maximum atomic E-state index is 11.4. The third-order valence-corrected chi connectivity index (χ3v) is 4.42. The van der Waals surface area contributed by atoms with Gasteiger partial charge in [0.2, 0.25) is 8.32 Å². The van der Waals surface area contributed by atoms with Gasteiger partial charge < -0.3 is 14.6 Å². The summed E-state index contributed by atoms with van der Waals surface area (Å²) in [5.74, 6) is -0.509. The molecule has 0 fully saturated rings. The molecule has 0 heterocycles. The number of carbonyl (C=O) groups is 1. The molecular formula is C13H24O4Si. The van der Waals surface area contributed by atoms with E-state index in [2.05, 4.69) is 0 Å². The molecule has 0 spiro atoms. The molecule has 1 rings (SSSR count). The van der Waals surface area contributed by atoms with Crippen LogP contribution in [0.2, 0.25) is 19.6 Å². The first-order chi connectivity index (χ1) is 7.92. The van der Waals surface area contributed by atoms with Gasteiger partial charge in [-0.3, -0.25) is 4.79 Å². The van der Waals surface area contributed by atoms with E-state index in [-0.39, 0.29) is 0 Å². The Bertz CT molecular complexity index is 392. The molecule has 0 aromatic heterocycles. The smallest absolute Gasteiger partial charge is 0.312 e. The van der Waals surface area contributed by atoms with Crippen LogP contribution >= 0.6 is 0 Å². The summed E-state index contributed by atoms with van der Waals surface area (Å²) in [5, 5.41) is 20.2. The second-order valence-electron chi connectivity index (χ2n) is 6.61. The monoisotopic (exact) mass is 272 g/mol. The molecule has 0 radical (unpaired) electrons. The summed E-state index contributed by atoms with van der Waals surface area (Å²) in [7, 11) is -1.88. The SMILES string of the molecule is CC1=C(O[Si](C)(C)C)C(O)(C(C)(C)C(=O)O)CC1. The van der Waals surface area contributed by atoms with Gasteiger partial charge in [-0.25, -0.2) is 0 Å². The normalized spacial score (nSPS) is 25.5. The van der Waals surface area contributed by atoms with Crippen molar-refractivity contribution in [1.82, 2.24) is 0 Å². The largest absolute Gasteiger partial charge is 0.545 e. The number of hydrogen-bond acceptors (Lipinski definition) is 3. The Morgan fingerprint density at radius 3 is 2.28 bits per heavy atom. The van der Waals surface area contributed by atoms with Crippen LogP contribution in [0.25, 0.3) is 0 Å². The maximum absolute atomic E-state index is 11.4. The minimum Gasteiger partial charge on any atom is -0.545 e. The molecule has 0 amide bonds. The minimum atomic E-state index is -1.88. The van der Waals surface area contributed by atoms with Crippen molar-refractivity contribution < 1.29 is 19.4 Å². The van der Waals surface area contributed by atoms with Gasteiger partial charge in [0.25, 0.3) is 0 Å². The standard InChI is InChI=1S/C13H24O4Si/c1-9-7-8-13(16,12(2,3)11(14)15)10(9)17-18(4,5)6/h16H,7-8H2,1-6H3,(H,14,15). The number of carboxylic acid groups (broad SMARTS) is 1. The van der Waals surface area contributed by atoms with E-state index in [0.29, 0.717) is 18.6 Å². The highest BCUT2D eigenvalue weighted by Gasteiger charge is 2.56. The molecule has 0 aromatic rings. The summed E-state index contributed by atoms with van der Waals surface area (Å²) in [4.78, 5) is 11.4. The molecule has 1 aliphatic rings. The summed E-state index contributed by atoms with van der Waals surface area (Å²) in [6.07, 6.45) is 1.10. The molecule has 1 atom stereocenters. The van der Waals surface area contributed by atoms with Crippen LogP contribution in [0, 0.1) is 5.41 Å². The quantitative estimate of drug-likeness (QED) is 0.772. The van der Waals surface area contributed by atoms with Gasteiger partial charge in [-0.1, -0.05) is 0 Å². The zero-order valence-electron chi connectivity index (χ0n) is 12.1. The first-order valence-corrected chi connectivity index (χ1v) is 9.67. The van der Waals surface area contributed by atoms with E-state index in [1.54, 1.807) is 13.8 Å². The summed E-state index contributed by atoms with van der Waals surface area (Å²) < 4.78 is 5.97. The fraction of sp³-hybridized carbons (Fsp3) is 0.769. The van der Waals surface area contributed by atoms with Crippen LogP contribution in [-0.4, -0.2) is 30.1 Å². The van der Waals surface area contributed by atoms with Crippen LogP contribution < -0.4 is 0 Å². The minimum absolute atomic E-state index is 0.415. The van der Waals surface area contributed by atoms with Gasteiger partial charge in [-0.15, -0.1) is 0 Å². The van der Waals surface area contributed by atoms with Gasteiger partial charge in [0.05, 0.1) is 5.41 Å². The molecule has 104 valence electrons. The Morgan fingerprint density at radius 1 is 1.39 bits per heavy atom. The van der Waals surface area contributed by atoms with E-state index in [9.17, 15) is 15.0 Å². The van der Waals surface area contributed by atoms with E-state index in [4.69, 9.17) is 4.43 Å². The van der Waals surface area contributed by atoms with Crippen LogP contribution in [0.15, 0.2) is 11.3 Å². The van der Waals surface area contributed by atoms with E-state index in [1.807, 2.05) is 26.6 Å². The number of hydrogen-bond donors (Lipinski definition) is 2. The van der Waals surface area contributed by atoms with Crippen LogP contribution in [0.3, 0.4) is 0 Å². The molecule has 1 unspecified atom stereocenters. The lowest BCUT2D eigenvalue weighted by Crippen LogP contribution is -2.51. The van der Waals surface area contributed by atoms with E-state index in [1.165, 1.54) is 0 Å². The number of aliphatic hydroxyl groups is 1. The summed E-state index contributed by atoms with van der Waals surface area (Å²) in [6.45, 7) is 11.1. The molecule has 5 heteroatoms. The molecule has 0 aliphatic heterocycles. The van der Waals surface area contributed by atoms with Crippen molar-refractivity contribution in [2.75, 3.05) is 0 Å². The summed E-state index contributed by atoms with van der Waals surface area (Å²) in [6, 6.07) is 0. The molecule has 0 bridgehead atoms. The highest BCUT2D eigenvalue weighted by atomic mass is 28.4. The highest BCUT2D eigenvalue weighted by Crippen LogP contribution is 2.48. The average molecular weight is 272 g/mol. The van der Waals surface area contributed by atoms with Gasteiger partial charge in [-0.05, 0) is 58.8 Å². The van der Waals surface area contributed by atoms with E-state index >= 15 is 0 Å². The molecule has 0 saturated heterocycles. The van der Waals surface area contributed by atoms with Gasteiger partial charge in [-0.2, -0.15) is 0 Å². The van der Waals surface area contributed by atoms with Crippen molar-refractivity contribution >= 4 is 14.3 Å². The number of rotatable bonds is 4. The fourth-order valence-corrected chi connectivity index (χ4v) is 3.15.